The predicted molar refractivity (Wildman–Crippen MR) is 110 cm³/mol. The van der Waals surface area contributed by atoms with Crippen LogP contribution in [0.15, 0.2) is 0 Å². The van der Waals surface area contributed by atoms with E-state index in [-0.39, 0.29) is 43.6 Å². The maximum atomic E-state index is 14.5. The Morgan fingerprint density at radius 3 is 0.927 bits per heavy atom. The zero-order valence-corrected chi connectivity index (χ0v) is 24.2. The van der Waals surface area contributed by atoms with Crippen LogP contribution in [0, 0.1) is 0 Å². The smallest absolute Gasteiger partial charge is 0.460 e. The molecule has 0 spiro atoms. The second-order valence-electron chi connectivity index (χ2n) is 9.70. The maximum absolute atomic E-state index is 14.5. The van der Waals surface area contributed by atoms with Crippen LogP contribution < -0.4 is 24.0 Å². The number of hydrogen-bond donors (Lipinski definition) is 0. The molecule has 0 N–H and O–H groups in total. The quantitative estimate of drug-likeness (QED) is 0.0840. The van der Waals surface area contributed by atoms with E-state index in [9.17, 15) is 74.6 Å². The average Bonchev–Trinajstić information content (AvgIpc) is 2.81. The molecule has 0 aliphatic rings. The third kappa shape index (κ3) is 7.78. The highest BCUT2D eigenvalue weighted by molar-refractivity contribution is 5.15. The SMILES string of the molecule is CCCC[N+](CCCC)(CCCC)CCC(F)(F)C(F)(F)C(F)(F)C(F)(F)C(F)(F)C(F)(F)C(F)(F)C(F)(F)F.[I-]. The third-order valence-corrected chi connectivity index (χ3v) is 6.65. The number of alkyl halides is 17. The Morgan fingerprint density at radius 1 is 0.390 bits per heavy atom. The molecule has 250 valence electrons. The molecule has 1 nitrogen and oxygen atoms in total. The van der Waals surface area contributed by atoms with Gasteiger partial charge in [0, 0.05) is 0 Å². The van der Waals surface area contributed by atoms with Gasteiger partial charge in [0.15, 0.2) is 0 Å². The normalized spacial score (nSPS) is 15.2. The zero-order valence-electron chi connectivity index (χ0n) is 22.0. The number of rotatable bonds is 18. The molecule has 0 amide bonds. The standard InChI is InChI=1S/C22H31F17N.HI/c1-4-7-11-40(12-8-5-2,13-9-6-3)14-10-15(23,24)16(25,26)17(27,28)18(29,30)19(31,32)20(33,34)21(35,36)22(37,38)39;/h4-14H2,1-3H3;1H/q+1;/p-1. The molecule has 0 heterocycles. The van der Waals surface area contributed by atoms with Gasteiger partial charge in [-0.3, -0.25) is 0 Å². The molecular weight excluding hydrogens is 728 g/mol. The van der Waals surface area contributed by atoms with Crippen LogP contribution in [-0.2, 0) is 0 Å². The first-order valence-corrected chi connectivity index (χ1v) is 12.2. The second-order valence-corrected chi connectivity index (χ2v) is 9.70. The Morgan fingerprint density at radius 2 is 0.659 bits per heavy atom. The lowest BCUT2D eigenvalue weighted by molar-refractivity contribution is -0.930. The molecule has 19 heteroatoms. The summed E-state index contributed by atoms with van der Waals surface area (Å²) in [5.41, 5.74) is 0. The van der Waals surface area contributed by atoms with Crippen molar-refractivity contribution in [2.24, 2.45) is 0 Å². The number of hydrogen-bond acceptors (Lipinski definition) is 0. The van der Waals surface area contributed by atoms with Crippen LogP contribution in [0.2, 0.25) is 0 Å². The minimum atomic E-state index is -8.59. The molecule has 0 bridgehead atoms. The van der Waals surface area contributed by atoms with Gasteiger partial charge in [-0.2, -0.15) is 74.6 Å². The van der Waals surface area contributed by atoms with E-state index in [1.54, 1.807) is 20.8 Å². The van der Waals surface area contributed by atoms with E-state index < -0.39 is 65.1 Å². The molecule has 0 aromatic carbocycles. The van der Waals surface area contributed by atoms with E-state index >= 15 is 0 Å². The fraction of sp³-hybridized carbons (Fsp3) is 1.00. The van der Waals surface area contributed by atoms with Crippen LogP contribution in [0.25, 0.3) is 0 Å². The highest BCUT2D eigenvalue weighted by atomic mass is 127. The molecule has 0 atom stereocenters. The van der Waals surface area contributed by atoms with Crippen molar-refractivity contribution in [2.45, 2.75) is 113 Å². The Kier molecular flexibility index (Phi) is 14.6. The van der Waals surface area contributed by atoms with Crippen LogP contribution in [0.5, 0.6) is 0 Å². The highest BCUT2D eigenvalue weighted by Gasteiger charge is 2.95. The minimum Gasteiger partial charge on any atom is -1.00 e. The number of unbranched alkanes of at least 4 members (excludes halogenated alkanes) is 3. The lowest BCUT2D eigenvalue weighted by atomic mass is 9.88. The van der Waals surface area contributed by atoms with E-state index in [4.69, 9.17) is 0 Å². The Balaban J connectivity index is 0. The van der Waals surface area contributed by atoms with Crippen molar-refractivity contribution < 1.29 is 103 Å². The Hall–Kier alpha value is -0.500. The first-order chi connectivity index (χ1) is 17.6. The molecule has 0 rings (SSSR count). The molecule has 41 heavy (non-hydrogen) atoms. The van der Waals surface area contributed by atoms with Crippen molar-refractivity contribution in [3.8, 4) is 0 Å². The first kappa shape index (κ1) is 42.6. The summed E-state index contributed by atoms with van der Waals surface area (Å²) < 4.78 is 230. The summed E-state index contributed by atoms with van der Waals surface area (Å²) in [5.74, 6) is -55.9. The van der Waals surface area contributed by atoms with E-state index in [0.717, 1.165) is 0 Å². The molecule has 0 aromatic heterocycles. The van der Waals surface area contributed by atoms with Crippen molar-refractivity contribution >= 4 is 0 Å². The maximum Gasteiger partial charge on any atom is 0.460 e. The van der Waals surface area contributed by atoms with Gasteiger partial charge < -0.3 is 28.5 Å². The molecule has 0 unspecified atom stereocenters. The van der Waals surface area contributed by atoms with Crippen LogP contribution in [-0.4, -0.2) is 78.3 Å². The molecule has 0 saturated carbocycles. The van der Waals surface area contributed by atoms with Crippen molar-refractivity contribution in [1.82, 2.24) is 0 Å². The topological polar surface area (TPSA) is 0 Å². The van der Waals surface area contributed by atoms with Gasteiger partial charge in [-0.15, -0.1) is 0 Å². The highest BCUT2D eigenvalue weighted by Crippen LogP contribution is 2.64. The van der Waals surface area contributed by atoms with Crippen molar-refractivity contribution in [3.05, 3.63) is 0 Å². The fourth-order valence-corrected chi connectivity index (χ4v) is 3.88. The Labute approximate surface area is 242 Å². The van der Waals surface area contributed by atoms with E-state index in [1.807, 2.05) is 0 Å². The van der Waals surface area contributed by atoms with Crippen LogP contribution in [0.1, 0.15) is 65.7 Å². The largest absolute Gasteiger partial charge is 1.00 e. The summed E-state index contributed by atoms with van der Waals surface area (Å²) in [6.07, 6.45) is -7.78. The summed E-state index contributed by atoms with van der Waals surface area (Å²) in [5, 5.41) is 0. The second kappa shape index (κ2) is 14.1. The first-order valence-electron chi connectivity index (χ1n) is 12.2. The molecule has 0 aliphatic heterocycles. The summed E-state index contributed by atoms with van der Waals surface area (Å²) in [7, 11) is 0. The Bertz CT molecular complexity index is 774. The molecule has 0 radical (unpaired) electrons. The van der Waals surface area contributed by atoms with E-state index in [1.165, 1.54) is 0 Å². The monoisotopic (exact) mass is 759 g/mol. The molecule has 0 saturated heterocycles. The minimum absolute atomic E-state index is 0. The van der Waals surface area contributed by atoms with Crippen LogP contribution >= 0.6 is 0 Å². The molecule has 0 aromatic rings. The van der Waals surface area contributed by atoms with Crippen molar-refractivity contribution in [2.75, 3.05) is 26.2 Å². The van der Waals surface area contributed by atoms with Gasteiger partial charge in [0.25, 0.3) is 0 Å². The summed E-state index contributed by atoms with van der Waals surface area (Å²) in [6, 6.07) is 0. The van der Waals surface area contributed by atoms with Crippen molar-refractivity contribution in [1.29, 1.82) is 0 Å². The van der Waals surface area contributed by atoms with Gasteiger partial charge in [0.1, 0.15) is 0 Å². The number of nitrogens with zero attached hydrogens (tertiary/aromatic N) is 1. The summed E-state index contributed by atoms with van der Waals surface area (Å²) >= 11 is 0. The zero-order chi connectivity index (χ0) is 32.3. The van der Waals surface area contributed by atoms with Gasteiger partial charge in [-0.25, -0.2) is 0 Å². The van der Waals surface area contributed by atoms with Gasteiger partial charge >= 0.3 is 47.6 Å². The lowest BCUT2D eigenvalue weighted by Gasteiger charge is -2.44. The molecular formula is C22H31F17IN. The summed E-state index contributed by atoms with van der Waals surface area (Å²) in [4.78, 5) is 0. The summed E-state index contributed by atoms with van der Waals surface area (Å²) in [6.45, 7) is 4.04. The van der Waals surface area contributed by atoms with Gasteiger partial charge in [0.05, 0.1) is 32.6 Å². The van der Waals surface area contributed by atoms with Gasteiger partial charge in [-0.05, 0) is 19.3 Å². The van der Waals surface area contributed by atoms with Gasteiger partial charge in [-0.1, -0.05) is 40.0 Å². The molecule has 0 fully saturated rings. The van der Waals surface area contributed by atoms with Crippen LogP contribution in [0.3, 0.4) is 0 Å². The molecule has 0 aliphatic carbocycles. The van der Waals surface area contributed by atoms with E-state index in [2.05, 4.69) is 0 Å². The lowest BCUT2D eigenvalue weighted by Crippen LogP contribution is -3.00. The predicted octanol–water partition coefficient (Wildman–Crippen LogP) is 6.61. The van der Waals surface area contributed by atoms with Gasteiger partial charge in [0.2, 0.25) is 0 Å². The average molecular weight is 759 g/mol. The number of halogens is 18. The number of quaternary nitrogens is 1. The van der Waals surface area contributed by atoms with Crippen LogP contribution in [0.4, 0.5) is 74.6 Å². The fourth-order valence-electron chi connectivity index (χ4n) is 3.88. The van der Waals surface area contributed by atoms with Crippen molar-refractivity contribution in [3.63, 3.8) is 0 Å². The third-order valence-electron chi connectivity index (χ3n) is 6.65. The van der Waals surface area contributed by atoms with E-state index in [0.29, 0.717) is 38.5 Å².